The summed E-state index contributed by atoms with van der Waals surface area (Å²) in [5.41, 5.74) is 0.789. The molecule has 1 aromatic heterocycles. The fourth-order valence-corrected chi connectivity index (χ4v) is 1.48. The van der Waals surface area contributed by atoms with Crippen LogP contribution < -0.4 is 5.32 Å². The zero-order valence-corrected chi connectivity index (χ0v) is 11.1. The van der Waals surface area contributed by atoms with E-state index in [4.69, 9.17) is 9.84 Å². The van der Waals surface area contributed by atoms with E-state index in [1.165, 1.54) is 6.20 Å². The molecule has 0 aromatic carbocycles. The second-order valence-electron chi connectivity index (χ2n) is 4.06. The van der Waals surface area contributed by atoms with E-state index in [9.17, 15) is 9.59 Å². The van der Waals surface area contributed by atoms with Gasteiger partial charge in [0.15, 0.2) is 0 Å². The number of aromatic nitrogens is 2. The van der Waals surface area contributed by atoms with Crippen LogP contribution in [-0.4, -0.2) is 39.7 Å². The summed E-state index contributed by atoms with van der Waals surface area (Å²) in [5, 5.41) is 11.5. The van der Waals surface area contributed by atoms with Crippen LogP contribution in [0, 0.1) is 6.92 Å². The van der Waals surface area contributed by atoms with Crippen LogP contribution in [-0.2, 0) is 9.53 Å². The minimum Gasteiger partial charge on any atom is -0.481 e. The first-order valence-electron chi connectivity index (χ1n) is 5.93. The summed E-state index contributed by atoms with van der Waals surface area (Å²) in [6.45, 7) is 5.39. The molecule has 1 unspecified atom stereocenters. The highest BCUT2D eigenvalue weighted by Gasteiger charge is 2.14. The molecule has 0 amide bonds. The van der Waals surface area contributed by atoms with Gasteiger partial charge >= 0.3 is 11.9 Å². The molecule has 0 saturated carbocycles. The Balaban J connectivity index is 2.76. The number of ether oxygens (including phenoxy) is 1. The number of rotatable bonds is 6. The van der Waals surface area contributed by atoms with Crippen LogP contribution in [0.15, 0.2) is 6.20 Å². The summed E-state index contributed by atoms with van der Waals surface area (Å²) in [5.74, 6) is -1.08. The van der Waals surface area contributed by atoms with E-state index in [1.807, 2.05) is 0 Å². The van der Waals surface area contributed by atoms with Crippen molar-refractivity contribution in [2.75, 3.05) is 11.9 Å². The van der Waals surface area contributed by atoms with Crippen LogP contribution >= 0.6 is 0 Å². The lowest BCUT2D eigenvalue weighted by atomic mass is 10.2. The average Bonchev–Trinajstić information content (AvgIpc) is 2.27. The molecule has 1 rings (SSSR count). The van der Waals surface area contributed by atoms with Gasteiger partial charge in [-0.2, -0.15) is 0 Å². The molecule has 1 atom stereocenters. The van der Waals surface area contributed by atoms with Gasteiger partial charge < -0.3 is 15.2 Å². The lowest BCUT2D eigenvalue weighted by molar-refractivity contribution is -0.137. The first kappa shape index (κ1) is 14.9. The maximum Gasteiger partial charge on any atom is 0.341 e. The number of nitrogens with zero attached hydrogens (tertiary/aromatic N) is 2. The molecule has 1 heterocycles. The van der Waals surface area contributed by atoms with Crippen molar-refractivity contribution < 1.29 is 19.4 Å². The minimum atomic E-state index is -0.903. The highest BCUT2D eigenvalue weighted by Crippen LogP contribution is 2.10. The van der Waals surface area contributed by atoms with Crippen molar-refractivity contribution in [3.63, 3.8) is 0 Å². The first-order chi connectivity index (χ1) is 8.93. The quantitative estimate of drug-likeness (QED) is 0.747. The number of nitrogens with one attached hydrogen (secondary N) is 1. The Morgan fingerprint density at radius 2 is 2.21 bits per heavy atom. The highest BCUT2D eigenvalue weighted by atomic mass is 16.5. The van der Waals surface area contributed by atoms with Crippen LogP contribution in [0.2, 0.25) is 0 Å². The molecule has 0 saturated heterocycles. The van der Waals surface area contributed by atoms with Gasteiger partial charge in [-0.3, -0.25) is 4.79 Å². The van der Waals surface area contributed by atoms with Gasteiger partial charge in [0, 0.05) is 12.2 Å². The van der Waals surface area contributed by atoms with Gasteiger partial charge in [-0.25, -0.2) is 14.8 Å². The molecule has 0 aliphatic rings. The maximum atomic E-state index is 11.5. The Morgan fingerprint density at radius 3 is 2.74 bits per heavy atom. The molecule has 104 valence electrons. The number of anilines is 1. The minimum absolute atomic E-state index is 0.0396. The number of aliphatic carboxylic acids is 1. The Labute approximate surface area is 111 Å². The van der Waals surface area contributed by atoms with E-state index in [0.717, 1.165) is 0 Å². The highest BCUT2D eigenvalue weighted by molar-refractivity contribution is 5.90. The van der Waals surface area contributed by atoms with Crippen molar-refractivity contribution in [1.82, 2.24) is 9.97 Å². The van der Waals surface area contributed by atoms with Crippen LogP contribution in [0.25, 0.3) is 0 Å². The number of hydrogen-bond acceptors (Lipinski definition) is 6. The number of esters is 1. The van der Waals surface area contributed by atoms with Crippen LogP contribution in [0.1, 0.15) is 36.3 Å². The third-order valence-electron chi connectivity index (χ3n) is 2.33. The number of carboxylic acid groups (broad SMARTS) is 1. The Morgan fingerprint density at radius 1 is 1.53 bits per heavy atom. The maximum absolute atomic E-state index is 11.5. The Bertz CT molecular complexity index is 476. The smallest absolute Gasteiger partial charge is 0.341 e. The van der Waals surface area contributed by atoms with Crippen LogP contribution in [0.5, 0.6) is 0 Å². The second kappa shape index (κ2) is 6.67. The predicted molar refractivity (Wildman–Crippen MR) is 68.1 cm³/mol. The summed E-state index contributed by atoms with van der Waals surface area (Å²) in [4.78, 5) is 30.2. The number of carbonyl (C=O) groups is 2. The predicted octanol–water partition coefficient (Wildman–Crippen LogP) is 1.24. The van der Waals surface area contributed by atoms with E-state index in [-0.39, 0.29) is 19.1 Å². The standard InChI is InChI=1S/C12H17N3O4/c1-4-19-11(18)9-6-13-12(15-8(9)3)14-7(2)5-10(16)17/h6-7H,4-5H2,1-3H3,(H,16,17)(H,13,14,15). The van der Waals surface area contributed by atoms with E-state index < -0.39 is 11.9 Å². The summed E-state index contributed by atoms with van der Waals surface area (Å²) in [7, 11) is 0. The molecule has 0 radical (unpaired) electrons. The summed E-state index contributed by atoms with van der Waals surface area (Å²) in [6.07, 6.45) is 1.33. The molecule has 0 aliphatic carbocycles. The molecular formula is C12H17N3O4. The molecule has 19 heavy (non-hydrogen) atoms. The van der Waals surface area contributed by atoms with Crippen molar-refractivity contribution >= 4 is 17.9 Å². The molecule has 0 spiro atoms. The van der Waals surface area contributed by atoms with E-state index >= 15 is 0 Å². The van der Waals surface area contributed by atoms with Gasteiger partial charge in [0.25, 0.3) is 0 Å². The third-order valence-corrected chi connectivity index (χ3v) is 2.33. The normalized spacial score (nSPS) is 11.7. The van der Waals surface area contributed by atoms with Gasteiger partial charge in [-0.15, -0.1) is 0 Å². The molecule has 1 aromatic rings. The lowest BCUT2D eigenvalue weighted by Crippen LogP contribution is -2.21. The van der Waals surface area contributed by atoms with Crippen molar-refractivity contribution in [2.24, 2.45) is 0 Å². The molecule has 7 nitrogen and oxygen atoms in total. The Hall–Kier alpha value is -2.18. The van der Waals surface area contributed by atoms with Gasteiger partial charge in [-0.05, 0) is 20.8 Å². The number of carbonyl (C=O) groups excluding carboxylic acids is 1. The largest absolute Gasteiger partial charge is 0.481 e. The van der Waals surface area contributed by atoms with Crippen LogP contribution in [0.3, 0.4) is 0 Å². The zero-order chi connectivity index (χ0) is 14.4. The topological polar surface area (TPSA) is 101 Å². The summed E-state index contributed by atoms with van der Waals surface area (Å²) < 4.78 is 4.87. The van der Waals surface area contributed by atoms with E-state index in [0.29, 0.717) is 17.2 Å². The van der Waals surface area contributed by atoms with Crippen molar-refractivity contribution in [3.8, 4) is 0 Å². The van der Waals surface area contributed by atoms with Crippen molar-refractivity contribution in [3.05, 3.63) is 17.5 Å². The van der Waals surface area contributed by atoms with E-state index in [1.54, 1.807) is 20.8 Å². The molecule has 2 N–H and O–H groups in total. The second-order valence-corrected chi connectivity index (χ2v) is 4.06. The SMILES string of the molecule is CCOC(=O)c1cnc(NC(C)CC(=O)O)nc1C. The number of carboxylic acids is 1. The fourth-order valence-electron chi connectivity index (χ4n) is 1.48. The molecular weight excluding hydrogens is 250 g/mol. The lowest BCUT2D eigenvalue weighted by Gasteiger charge is -2.12. The number of aryl methyl sites for hydroxylation is 1. The van der Waals surface area contributed by atoms with Gasteiger partial charge in [0.2, 0.25) is 5.95 Å². The van der Waals surface area contributed by atoms with Crippen molar-refractivity contribution in [2.45, 2.75) is 33.2 Å². The molecule has 0 aliphatic heterocycles. The fraction of sp³-hybridized carbons (Fsp3) is 0.500. The van der Waals surface area contributed by atoms with Gasteiger partial charge in [0.05, 0.1) is 24.3 Å². The van der Waals surface area contributed by atoms with Crippen LogP contribution in [0.4, 0.5) is 5.95 Å². The van der Waals surface area contributed by atoms with E-state index in [2.05, 4.69) is 15.3 Å². The summed E-state index contributed by atoms with van der Waals surface area (Å²) in [6, 6.07) is -0.301. The molecule has 7 heteroatoms. The molecule has 0 bridgehead atoms. The third kappa shape index (κ3) is 4.53. The zero-order valence-electron chi connectivity index (χ0n) is 11.1. The van der Waals surface area contributed by atoms with Gasteiger partial charge in [0.1, 0.15) is 0 Å². The van der Waals surface area contributed by atoms with Crippen molar-refractivity contribution in [1.29, 1.82) is 0 Å². The summed E-state index contributed by atoms with van der Waals surface area (Å²) >= 11 is 0. The van der Waals surface area contributed by atoms with Gasteiger partial charge in [-0.1, -0.05) is 0 Å². The Kier molecular flexibility index (Phi) is 5.23. The monoisotopic (exact) mass is 267 g/mol. The number of hydrogen-bond donors (Lipinski definition) is 2. The average molecular weight is 267 g/mol. The molecule has 0 fully saturated rings. The first-order valence-corrected chi connectivity index (χ1v) is 5.93.